The maximum absolute atomic E-state index is 13.7. The van der Waals surface area contributed by atoms with Crippen LogP contribution in [0, 0.1) is 5.82 Å². The Morgan fingerprint density at radius 2 is 2.10 bits per heavy atom. The van der Waals surface area contributed by atoms with Gasteiger partial charge in [0.05, 0.1) is 6.61 Å². The van der Waals surface area contributed by atoms with Crippen molar-refractivity contribution in [2.24, 2.45) is 5.11 Å². The zero-order valence-electron chi connectivity index (χ0n) is 10.2. The van der Waals surface area contributed by atoms with Crippen molar-refractivity contribution >= 4 is 5.82 Å². The number of aliphatic hydroxyl groups is 3. The molecule has 114 valence electrons. The molecule has 1 aromatic rings. The Labute approximate surface area is 114 Å². The first-order valence-corrected chi connectivity index (χ1v) is 5.64. The van der Waals surface area contributed by atoms with E-state index in [4.69, 9.17) is 15.4 Å². The van der Waals surface area contributed by atoms with Gasteiger partial charge < -0.3 is 20.1 Å². The third kappa shape index (κ3) is 2.41. The van der Waals surface area contributed by atoms with Gasteiger partial charge in [0.1, 0.15) is 18.3 Å². The maximum atomic E-state index is 13.7. The van der Waals surface area contributed by atoms with E-state index < -0.39 is 54.0 Å². The molecule has 1 aliphatic rings. The smallest absolute Gasteiger partial charge is 0.331 e. The number of ether oxygens (including phenoxy) is 1. The summed E-state index contributed by atoms with van der Waals surface area (Å²) < 4.78 is 19.1. The van der Waals surface area contributed by atoms with Crippen LogP contribution in [0.2, 0.25) is 0 Å². The largest absolute Gasteiger partial charge is 0.394 e. The minimum atomic E-state index is -1.71. The van der Waals surface area contributed by atoms with Crippen LogP contribution in [0.15, 0.2) is 14.7 Å². The van der Waals surface area contributed by atoms with E-state index in [1.165, 1.54) is 0 Å². The predicted molar refractivity (Wildman–Crippen MR) is 63.1 cm³/mol. The number of nitrogens with one attached hydrogen (secondary N) is 1. The van der Waals surface area contributed by atoms with Gasteiger partial charge >= 0.3 is 5.69 Å². The lowest BCUT2D eigenvalue weighted by atomic mass is 10.1. The van der Waals surface area contributed by atoms with E-state index in [0.29, 0.717) is 4.57 Å². The Kier molecular flexibility index (Phi) is 4.06. The van der Waals surface area contributed by atoms with E-state index in [9.17, 15) is 24.2 Å². The first-order valence-electron chi connectivity index (χ1n) is 5.64. The molecule has 1 fully saturated rings. The molecule has 2 heterocycles. The molecule has 0 aromatic carbocycles. The van der Waals surface area contributed by atoms with E-state index >= 15 is 0 Å². The van der Waals surface area contributed by atoms with Gasteiger partial charge in [-0.2, -0.15) is 4.39 Å². The number of rotatable bonds is 3. The fraction of sp³-hybridized carbons (Fsp3) is 0.556. The van der Waals surface area contributed by atoms with Gasteiger partial charge in [0.25, 0.3) is 5.56 Å². The predicted octanol–water partition coefficient (Wildman–Crippen LogP) is -1.77. The number of azide groups is 1. The van der Waals surface area contributed by atoms with Crippen LogP contribution in [-0.2, 0) is 4.74 Å². The van der Waals surface area contributed by atoms with Crippen LogP contribution in [0.5, 0.6) is 0 Å². The highest BCUT2D eigenvalue weighted by Gasteiger charge is 2.44. The Morgan fingerprint density at radius 1 is 1.43 bits per heavy atom. The van der Waals surface area contributed by atoms with Gasteiger partial charge in [0.2, 0.25) is 5.82 Å². The highest BCUT2D eigenvalue weighted by molar-refractivity contribution is 5.29. The van der Waals surface area contributed by atoms with Gasteiger partial charge in [-0.15, -0.1) is 0 Å². The maximum Gasteiger partial charge on any atom is 0.331 e. The summed E-state index contributed by atoms with van der Waals surface area (Å²) in [7, 11) is 0. The molecule has 0 spiro atoms. The first-order chi connectivity index (χ1) is 9.92. The molecule has 1 aliphatic heterocycles. The minimum Gasteiger partial charge on any atom is -0.394 e. The van der Waals surface area contributed by atoms with Crippen LogP contribution in [0.4, 0.5) is 10.2 Å². The van der Waals surface area contributed by atoms with Crippen molar-refractivity contribution in [3.63, 3.8) is 0 Å². The van der Waals surface area contributed by atoms with Crippen LogP contribution < -0.4 is 11.2 Å². The molecule has 4 atom stereocenters. The fourth-order valence-corrected chi connectivity index (χ4v) is 1.98. The number of hydrogen-bond donors (Lipinski definition) is 4. The van der Waals surface area contributed by atoms with Crippen molar-refractivity contribution in [3.8, 4) is 0 Å². The van der Waals surface area contributed by atoms with Crippen LogP contribution in [-0.4, -0.2) is 49.8 Å². The molecule has 12 heteroatoms. The van der Waals surface area contributed by atoms with E-state index in [1.807, 2.05) is 0 Å². The number of aromatic nitrogens is 2. The van der Waals surface area contributed by atoms with Crippen molar-refractivity contribution in [1.82, 2.24) is 9.55 Å². The summed E-state index contributed by atoms with van der Waals surface area (Å²) in [6, 6.07) is 0. The second-order valence-corrected chi connectivity index (χ2v) is 4.19. The van der Waals surface area contributed by atoms with Gasteiger partial charge in [-0.1, -0.05) is 0 Å². The fourth-order valence-electron chi connectivity index (χ4n) is 1.98. The molecule has 0 amide bonds. The van der Waals surface area contributed by atoms with E-state index in [1.54, 1.807) is 4.98 Å². The molecule has 1 aromatic heterocycles. The standard InChI is InChI=1S/C9H10FN5O6/c10-3-6(13-14-11)15(9(20)12-7(3)19)8-5(18)4(17)2(1-16)21-8/h2,4-5,8,16-18H,1H2,(H,12,19,20). The van der Waals surface area contributed by atoms with Gasteiger partial charge in [-0.05, 0) is 10.6 Å². The molecule has 4 N–H and O–H groups in total. The van der Waals surface area contributed by atoms with Gasteiger partial charge in [-0.25, -0.2) is 4.79 Å². The second-order valence-electron chi connectivity index (χ2n) is 4.19. The Hall–Kier alpha value is -2.24. The van der Waals surface area contributed by atoms with Crippen LogP contribution in [0.3, 0.4) is 0 Å². The van der Waals surface area contributed by atoms with Crippen molar-refractivity contribution in [2.75, 3.05) is 6.61 Å². The molecular formula is C9H10FN5O6. The molecule has 1 saturated heterocycles. The van der Waals surface area contributed by atoms with Crippen molar-refractivity contribution in [1.29, 1.82) is 0 Å². The second kappa shape index (κ2) is 5.63. The van der Waals surface area contributed by atoms with Crippen LogP contribution >= 0.6 is 0 Å². The lowest BCUT2D eigenvalue weighted by molar-refractivity contribution is -0.0544. The molecule has 2 rings (SSSR count). The molecular weight excluding hydrogens is 293 g/mol. The summed E-state index contributed by atoms with van der Waals surface area (Å²) in [6.45, 7) is -0.674. The molecule has 0 saturated carbocycles. The van der Waals surface area contributed by atoms with E-state index in [0.717, 1.165) is 0 Å². The number of halogens is 1. The summed E-state index contributed by atoms with van der Waals surface area (Å²) in [5.74, 6) is -2.55. The zero-order valence-corrected chi connectivity index (χ0v) is 10.2. The average Bonchev–Trinajstić information content (AvgIpc) is 2.73. The van der Waals surface area contributed by atoms with Gasteiger partial charge in [-0.3, -0.25) is 14.3 Å². The number of H-pyrrole nitrogens is 1. The highest BCUT2D eigenvalue weighted by Crippen LogP contribution is 2.31. The topological polar surface area (TPSA) is 174 Å². The molecule has 21 heavy (non-hydrogen) atoms. The summed E-state index contributed by atoms with van der Waals surface area (Å²) in [4.78, 5) is 26.8. The van der Waals surface area contributed by atoms with Gasteiger partial charge in [0, 0.05) is 4.91 Å². The zero-order chi connectivity index (χ0) is 15.7. The third-order valence-electron chi connectivity index (χ3n) is 2.97. The molecule has 11 nitrogen and oxygen atoms in total. The Bertz CT molecular complexity index is 710. The third-order valence-corrected chi connectivity index (χ3v) is 2.97. The number of aliphatic hydroxyl groups excluding tert-OH is 3. The van der Waals surface area contributed by atoms with E-state index in [2.05, 4.69) is 10.0 Å². The summed E-state index contributed by atoms with van der Waals surface area (Å²) in [5.41, 5.74) is 5.76. The average molecular weight is 303 g/mol. The SMILES string of the molecule is [N-]=[N+]=Nc1c(F)c(=O)[nH]c(=O)n1C1OC(CO)C(O)C1O. The van der Waals surface area contributed by atoms with Crippen molar-refractivity contribution < 1.29 is 24.4 Å². The summed E-state index contributed by atoms with van der Waals surface area (Å²) >= 11 is 0. The van der Waals surface area contributed by atoms with Crippen LogP contribution in [0.1, 0.15) is 6.23 Å². The minimum absolute atomic E-state index is 0.361. The number of aromatic amines is 1. The summed E-state index contributed by atoms with van der Waals surface area (Å²) in [6.07, 6.45) is -6.14. The molecule has 4 unspecified atom stereocenters. The highest BCUT2D eigenvalue weighted by atomic mass is 19.1. The summed E-state index contributed by atoms with van der Waals surface area (Å²) in [5, 5.41) is 31.3. The molecule has 0 bridgehead atoms. The Balaban J connectivity index is 2.64. The van der Waals surface area contributed by atoms with E-state index in [-0.39, 0.29) is 0 Å². The molecule has 0 radical (unpaired) electrons. The van der Waals surface area contributed by atoms with Crippen molar-refractivity contribution in [3.05, 3.63) is 37.1 Å². The van der Waals surface area contributed by atoms with Gasteiger partial charge in [0.15, 0.2) is 12.0 Å². The molecule has 0 aliphatic carbocycles. The lowest BCUT2D eigenvalue weighted by Gasteiger charge is -2.19. The number of hydrogen-bond acceptors (Lipinski definition) is 7. The Morgan fingerprint density at radius 3 is 2.62 bits per heavy atom. The van der Waals surface area contributed by atoms with Crippen LogP contribution in [0.25, 0.3) is 10.4 Å². The quantitative estimate of drug-likeness (QED) is 0.292. The van der Waals surface area contributed by atoms with Crippen molar-refractivity contribution in [2.45, 2.75) is 24.5 Å². The normalized spacial score (nSPS) is 28.4. The lowest BCUT2D eigenvalue weighted by Crippen LogP contribution is -2.39. The first kappa shape index (κ1) is 15.2. The number of nitrogens with zero attached hydrogens (tertiary/aromatic N) is 4. The monoisotopic (exact) mass is 303 g/mol.